The minimum atomic E-state index is -0.0540. The molecule has 0 aliphatic rings. The third kappa shape index (κ3) is 1.62. The second-order valence-corrected chi connectivity index (χ2v) is 4.72. The summed E-state index contributed by atoms with van der Waals surface area (Å²) >= 11 is 1.51. The first-order valence-electron chi connectivity index (χ1n) is 5.32. The number of aromatic nitrogens is 2. The number of aliphatic hydroxyl groups excluding tert-OH is 1. The third-order valence-electron chi connectivity index (χ3n) is 2.69. The minimum Gasteiger partial charge on any atom is -0.392 e. The van der Waals surface area contributed by atoms with Crippen molar-refractivity contribution >= 4 is 22.8 Å². The molecule has 0 atom stereocenters. The predicted molar refractivity (Wildman–Crippen MR) is 69.9 cm³/mol. The van der Waals surface area contributed by atoms with Gasteiger partial charge in [-0.25, -0.2) is 4.98 Å². The third-order valence-corrected chi connectivity index (χ3v) is 3.57. The highest BCUT2D eigenvalue weighted by Gasteiger charge is 2.15. The zero-order chi connectivity index (χ0) is 12.5. The van der Waals surface area contributed by atoms with Gasteiger partial charge in [-0.3, -0.25) is 4.40 Å². The summed E-state index contributed by atoms with van der Waals surface area (Å²) in [6.07, 6.45) is 1.70. The van der Waals surface area contributed by atoms with Gasteiger partial charge < -0.3 is 5.11 Å². The van der Waals surface area contributed by atoms with Gasteiger partial charge in [-0.15, -0.1) is 16.2 Å². The standard InChI is InChI=1S/C12H9N3O2S/c16-7-8-3-4-15-10(6-8)13-11(12(15)14-17)9-2-1-5-18-9/h1-6,16H,7H2. The van der Waals surface area contributed by atoms with E-state index in [1.165, 1.54) is 11.3 Å². The van der Waals surface area contributed by atoms with E-state index in [4.69, 9.17) is 5.11 Å². The average molecular weight is 259 g/mol. The Morgan fingerprint density at radius 3 is 3.00 bits per heavy atom. The molecule has 5 nitrogen and oxygen atoms in total. The number of imidazole rings is 1. The number of pyridine rings is 1. The maximum atomic E-state index is 11.0. The average Bonchev–Trinajstić information content (AvgIpc) is 3.04. The molecule has 3 rings (SSSR count). The number of thiophene rings is 1. The van der Waals surface area contributed by atoms with Gasteiger partial charge in [0.05, 0.1) is 11.5 Å². The monoisotopic (exact) mass is 259 g/mol. The maximum absolute atomic E-state index is 11.0. The van der Waals surface area contributed by atoms with Crippen molar-refractivity contribution in [3.63, 3.8) is 0 Å². The quantitative estimate of drug-likeness (QED) is 0.735. The molecule has 3 heterocycles. The highest BCUT2D eigenvalue weighted by Crippen LogP contribution is 2.33. The lowest BCUT2D eigenvalue weighted by atomic mass is 10.3. The topological polar surface area (TPSA) is 67.0 Å². The zero-order valence-corrected chi connectivity index (χ0v) is 10.1. The van der Waals surface area contributed by atoms with Gasteiger partial charge in [0.15, 0.2) is 0 Å². The Balaban J connectivity index is 2.29. The van der Waals surface area contributed by atoms with Crippen LogP contribution in [0.4, 0.5) is 5.82 Å². The molecule has 3 aromatic rings. The van der Waals surface area contributed by atoms with Gasteiger partial charge >= 0.3 is 0 Å². The van der Waals surface area contributed by atoms with Gasteiger partial charge in [-0.05, 0) is 34.3 Å². The van der Waals surface area contributed by atoms with E-state index < -0.39 is 0 Å². The Morgan fingerprint density at radius 1 is 1.44 bits per heavy atom. The lowest BCUT2D eigenvalue weighted by Gasteiger charge is -1.97. The summed E-state index contributed by atoms with van der Waals surface area (Å²) in [6, 6.07) is 7.28. The number of nitrogens with zero attached hydrogens (tertiary/aromatic N) is 3. The van der Waals surface area contributed by atoms with Crippen molar-refractivity contribution in [1.29, 1.82) is 0 Å². The molecule has 0 bridgehead atoms. The molecule has 6 heteroatoms. The summed E-state index contributed by atoms with van der Waals surface area (Å²) in [5.41, 5.74) is 1.94. The van der Waals surface area contributed by atoms with E-state index in [1.54, 1.807) is 22.7 Å². The molecule has 3 aromatic heterocycles. The van der Waals surface area contributed by atoms with Crippen LogP contribution in [0.25, 0.3) is 16.2 Å². The lowest BCUT2D eigenvalue weighted by Crippen LogP contribution is -1.88. The van der Waals surface area contributed by atoms with Crippen LogP contribution in [0, 0.1) is 4.91 Å². The van der Waals surface area contributed by atoms with E-state index in [0.29, 0.717) is 11.3 Å². The number of nitroso groups, excluding NO2 is 1. The normalized spacial score (nSPS) is 10.9. The molecule has 0 aromatic carbocycles. The number of aliphatic hydroxyl groups is 1. The van der Waals surface area contributed by atoms with Gasteiger partial charge in [-0.1, -0.05) is 6.07 Å². The van der Waals surface area contributed by atoms with Crippen molar-refractivity contribution in [2.45, 2.75) is 6.61 Å². The molecule has 0 fully saturated rings. The van der Waals surface area contributed by atoms with Crippen molar-refractivity contribution in [2.75, 3.05) is 0 Å². The fourth-order valence-corrected chi connectivity index (χ4v) is 2.55. The zero-order valence-electron chi connectivity index (χ0n) is 9.28. The molecule has 0 saturated heterocycles. The molecule has 0 spiro atoms. The number of fused-ring (bicyclic) bond motifs is 1. The highest BCUT2D eigenvalue weighted by atomic mass is 32.1. The summed E-state index contributed by atoms with van der Waals surface area (Å²) in [5, 5.41) is 14.1. The summed E-state index contributed by atoms with van der Waals surface area (Å²) in [5.74, 6) is 0.289. The molecule has 0 saturated carbocycles. The van der Waals surface area contributed by atoms with Crippen molar-refractivity contribution in [1.82, 2.24) is 9.38 Å². The molecule has 0 radical (unpaired) electrons. The first-order chi connectivity index (χ1) is 8.83. The predicted octanol–water partition coefficient (Wildman–Crippen LogP) is 2.95. The summed E-state index contributed by atoms with van der Waals surface area (Å²) in [6.45, 7) is -0.0540. The van der Waals surface area contributed by atoms with Crippen LogP contribution in [0.3, 0.4) is 0 Å². The van der Waals surface area contributed by atoms with Crippen molar-refractivity contribution in [2.24, 2.45) is 5.18 Å². The molecule has 0 aliphatic carbocycles. The van der Waals surface area contributed by atoms with E-state index in [-0.39, 0.29) is 12.4 Å². The van der Waals surface area contributed by atoms with Crippen LogP contribution < -0.4 is 0 Å². The Kier molecular flexibility index (Phi) is 2.66. The number of hydrogen-bond acceptors (Lipinski definition) is 5. The summed E-state index contributed by atoms with van der Waals surface area (Å²) < 4.78 is 1.63. The van der Waals surface area contributed by atoms with Gasteiger partial charge in [0.25, 0.3) is 0 Å². The summed E-state index contributed by atoms with van der Waals surface area (Å²) in [4.78, 5) is 16.3. The van der Waals surface area contributed by atoms with E-state index in [9.17, 15) is 4.91 Å². The second kappa shape index (κ2) is 4.32. The number of rotatable bonds is 3. The lowest BCUT2D eigenvalue weighted by molar-refractivity contribution is 0.282. The van der Waals surface area contributed by atoms with Gasteiger partial charge in [0.2, 0.25) is 5.82 Å². The van der Waals surface area contributed by atoms with Gasteiger partial charge in [0, 0.05) is 6.20 Å². The largest absolute Gasteiger partial charge is 0.392 e. The Bertz CT molecular complexity index is 704. The van der Waals surface area contributed by atoms with E-state index in [2.05, 4.69) is 10.2 Å². The van der Waals surface area contributed by atoms with Gasteiger partial charge in [-0.2, -0.15) is 0 Å². The molecule has 90 valence electrons. The van der Waals surface area contributed by atoms with Gasteiger partial charge in [0.1, 0.15) is 11.3 Å². The Labute approximate surface area is 106 Å². The smallest absolute Gasteiger partial charge is 0.210 e. The molecule has 0 unspecified atom stereocenters. The van der Waals surface area contributed by atoms with Crippen molar-refractivity contribution in [3.8, 4) is 10.6 Å². The highest BCUT2D eigenvalue weighted by molar-refractivity contribution is 7.13. The Morgan fingerprint density at radius 2 is 2.33 bits per heavy atom. The number of hydrogen-bond donors (Lipinski definition) is 1. The summed E-state index contributed by atoms with van der Waals surface area (Å²) in [7, 11) is 0. The molecule has 18 heavy (non-hydrogen) atoms. The second-order valence-electron chi connectivity index (χ2n) is 3.77. The minimum absolute atomic E-state index is 0.0540. The van der Waals surface area contributed by atoms with Crippen LogP contribution in [0.2, 0.25) is 0 Å². The molecular formula is C12H9N3O2S. The van der Waals surface area contributed by atoms with Crippen LogP contribution in [0.5, 0.6) is 0 Å². The van der Waals surface area contributed by atoms with Crippen LogP contribution in [-0.4, -0.2) is 14.5 Å². The molecule has 0 amide bonds. The van der Waals surface area contributed by atoms with E-state index in [0.717, 1.165) is 10.4 Å². The molecule has 0 aliphatic heterocycles. The fourth-order valence-electron chi connectivity index (χ4n) is 1.84. The molecule has 1 N–H and O–H groups in total. The molecular weight excluding hydrogens is 250 g/mol. The van der Waals surface area contributed by atoms with Crippen LogP contribution in [-0.2, 0) is 6.61 Å². The van der Waals surface area contributed by atoms with E-state index >= 15 is 0 Å². The Hall–Kier alpha value is -2.05. The van der Waals surface area contributed by atoms with Crippen molar-refractivity contribution < 1.29 is 5.11 Å². The van der Waals surface area contributed by atoms with Crippen LogP contribution in [0.1, 0.15) is 5.56 Å². The first-order valence-corrected chi connectivity index (χ1v) is 6.20. The SMILES string of the molecule is O=Nc1c(-c2cccs2)nc2cc(CO)ccn12. The fraction of sp³-hybridized carbons (Fsp3) is 0.0833. The van der Waals surface area contributed by atoms with Crippen molar-refractivity contribution in [3.05, 3.63) is 46.3 Å². The van der Waals surface area contributed by atoms with Crippen LogP contribution >= 0.6 is 11.3 Å². The van der Waals surface area contributed by atoms with Crippen LogP contribution in [0.15, 0.2) is 41.0 Å². The first kappa shape index (κ1) is 11.1. The maximum Gasteiger partial charge on any atom is 0.210 e. The van der Waals surface area contributed by atoms with E-state index in [1.807, 2.05) is 17.5 Å².